The average Bonchev–Trinajstić information content (AvgIpc) is 1.39. The lowest BCUT2D eigenvalue weighted by Crippen LogP contribution is -2.63. The van der Waals surface area contributed by atoms with Gasteiger partial charge in [-0.1, -0.05) is 212 Å². The largest absolute Gasteiger partial charge is 0.310 e. The fraction of sp³-hybridized carbons (Fsp3) is 0.398. The van der Waals surface area contributed by atoms with E-state index in [-0.39, 0.29) is 28.4 Å². The Morgan fingerprint density at radius 3 is 1.52 bits per heavy atom. The predicted molar refractivity (Wildman–Crippen MR) is 367 cm³/mol. The van der Waals surface area contributed by atoms with E-state index in [2.05, 4.69) is 246 Å². The maximum Gasteiger partial charge on any atom is 0.252 e. The van der Waals surface area contributed by atoms with Crippen molar-refractivity contribution in [2.24, 2.45) is 10.8 Å². The zero-order valence-corrected chi connectivity index (χ0v) is 54.0. The maximum atomic E-state index is 2.91. The highest BCUT2D eigenvalue weighted by Crippen LogP contribution is 2.63. The zero-order chi connectivity index (χ0) is 59.3. The van der Waals surface area contributed by atoms with Gasteiger partial charge in [0, 0.05) is 44.1 Å². The van der Waals surface area contributed by atoms with Crippen LogP contribution >= 0.6 is 0 Å². The standard InChI is InChI=1S/C83H87BN2/c1-77(2,3)54-27-23-50(24-28-54)68-60-47-64-69(82(13,14)42-41-81(64,11)12)71-75(60)85(72(68)51-25-29-55(30-26-51)78(4,5)6)67-32-31-63-76-70(67)84(71)66-46-53(49-35-39-80(9,10)40-36-49)44-59-58-43-52(48-33-37-79(7,8)38-34-48)45-65(73(58)86(76)74(59)66)83(63)61-21-17-15-19-56(61)57-20-16-18-22-62(57)83/h15-32,43-49H,33-42H2,1-14H3. The molecule has 5 heterocycles. The van der Waals surface area contributed by atoms with Crippen LogP contribution in [0.3, 0.4) is 0 Å². The highest BCUT2D eigenvalue weighted by atomic mass is 15.1. The van der Waals surface area contributed by atoms with Crippen molar-refractivity contribution in [3.05, 3.63) is 195 Å². The molecule has 0 bridgehead atoms. The molecule has 0 amide bonds. The average molecular weight is 1120 g/mol. The summed E-state index contributed by atoms with van der Waals surface area (Å²) in [6.07, 6.45) is 12.3. The number of benzene rings is 8. The lowest BCUT2D eigenvalue weighted by atomic mass is 9.31. The van der Waals surface area contributed by atoms with Crippen LogP contribution in [-0.2, 0) is 27.1 Å². The van der Waals surface area contributed by atoms with Gasteiger partial charge in [0.2, 0.25) is 0 Å². The van der Waals surface area contributed by atoms with E-state index in [4.69, 9.17) is 0 Å². The second-order valence-corrected chi connectivity index (χ2v) is 33.4. The lowest BCUT2D eigenvalue weighted by molar-refractivity contribution is 0.224. The van der Waals surface area contributed by atoms with Crippen molar-refractivity contribution in [3.8, 4) is 44.9 Å². The molecule has 0 saturated heterocycles. The Morgan fingerprint density at radius 2 is 0.953 bits per heavy atom. The first-order valence-electron chi connectivity index (χ1n) is 33.4. The van der Waals surface area contributed by atoms with Crippen molar-refractivity contribution in [1.82, 2.24) is 9.13 Å². The Bertz CT molecular complexity index is 4540. The number of rotatable bonds is 4. The Kier molecular flexibility index (Phi) is 10.7. The highest BCUT2D eigenvalue weighted by molar-refractivity contribution is 7.00. The van der Waals surface area contributed by atoms with Crippen LogP contribution in [0.15, 0.2) is 140 Å². The van der Waals surface area contributed by atoms with E-state index in [1.807, 2.05) is 0 Å². The molecule has 0 atom stereocenters. The molecular weight excluding hydrogens is 1040 g/mol. The van der Waals surface area contributed by atoms with Crippen molar-refractivity contribution in [1.29, 1.82) is 0 Å². The van der Waals surface area contributed by atoms with Gasteiger partial charge in [-0.25, -0.2) is 0 Å². The van der Waals surface area contributed by atoms with E-state index in [0.29, 0.717) is 22.7 Å². The third-order valence-corrected chi connectivity index (χ3v) is 24.1. The third kappa shape index (κ3) is 7.10. The first kappa shape index (κ1) is 53.4. The highest BCUT2D eigenvalue weighted by Gasteiger charge is 2.56. The number of aromatic nitrogens is 2. The second-order valence-electron chi connectivity index (χ2n) is 33.4. The molecule has 4 aliphatic carbocycles. The van der Waals surface area contributed by atoms with Gasteiger partial charge in [0.1, 0.15) is 0 Å². The third-order valence-electron chi connectivity index (χ3n) is 24.1. The van der Waals surface area contributed by atoms with Crippen molar-refractivity contribution in [3.63, 3.8) is 0 Å². The summed E-state index contributed by atoms with van der Waals surface area (Å²) < 4.78 is 5.77. The number of hydrogen-bond acceptors (Lipinski definition) is 0. The molecule has 86 heavy (non-hydrogen) atoms. The molecule has 3 aliphatic heterocycles. The molecule has 2 saturated carbocycles. The van der Waals surface area contributed by atoms with Gasteiger partial charge < -0.3 is 9.13 Å². The Hall–Kier alpha value is -6.84. The molecule has 432 valence electrons. The summed E-state index contributed by atoms with van der Waals surface area (Å²) in [5.41, 5.74) is 34.7. The van der Waals surface area contributed by atoms with Crippen LogP contribution in [0.1, 0.15) is 229 Å². The Labute approximate surface area is 512 Å². The number of fused-ring (bicyclic) bond motifs is 13. The summed E-state index contributed by atoms with van der Waals surface area (Å²) in [6, 6.07) is 58.0. The van der Waals surface area contributed by atoms with Gasteiger partial charge in [-0.15, -0.1) is 0 Å². The van der Waals surface area contributed by atoms with Crippen LogP contribution in [0.25, 0.3) is 77.6 Å². The zero-order valence-electron chi connectivity index (χ0n) is 54.0. The second kappa shape index (κ2) is 17.3. The number of nitrogens with zero attached hydrogens (tertiary/aromatic N) is 2. The minimum atomic E-state index is -0.542. The van der Waals surface area contributed by atoms with Crippen LogP contribution in [0, 0.1) is 10.8 Å². The molecule has 10 aromatic rings. The van der Waals surface area contributed by atoms with Crippen LogP contribution in [0.5, 0.6) is 0 Å². The van der Waals surface area contributed by atoms with Crippen LogP contribution in [0.4, 0.5) is 0 Å². The topological polar surface area (TPSA) is 9.86 Å². The molecule has 2 nitrogen and oxygen atoms in total. The smallest absolute Gasteiger partial charge is 0.252 e. The summed E-state index contributed by atoms with van der Waals surface area (Å²) in [5.74, 6) is 1.03. The van der Waals surface area contributed by atoms with Crippen molar-refractivity contribution in [2.75, 3.05) is 0 Å². The Balaban J connectivity index is 1.09. The van der Waals surface area contributed by atoms with Gasteiger partial charge in [-0.05, 0) is 227 Å². The molecule has 1 spiro atoms. The Morgan fingerprint density at radius 1 is 0.430 bits per heavy atom. The van der Waals surface area contributed by atoms with E-state index >= 15 is 0 Å². The van der Waals surface area contributed by atoms with Gasteiger partial charge >= 0.3 is 0 Å². The van der Waals surface area contributed by atoms with Gasteiger partial charge in [0.15, 0.2) is 0 Å². The summed E-state index contributed by atoms with van der Waals surface area (Å²) in [7, 11) is 0. The van der Waals surface area contributed by atoms with Gasteiger partial charge in [-0.2, -0.15) is 0 Å². The number of hydrogen-bond donors (Lipinski definition) is 0. The molecule has 7 aliphatic rings. The summed E-state index contributed by atoms with van der Waals surface area (Å²) in [4.78, 5) is 0. The van der Waals surface area contributed by atoms with E-state index in [0.717, 1.165) is 12.8 Å². The quantitative estimate of drug-likeness (QED) is 0.155. The molecule has 8 aromatic carbocycles. The van der Waals surface area contributed by atoms with Crippen LogP contribution in [0.2, 0.25) is 0 Å². The lowest BCUT2D eigenvalue weighted by Gasteiger charge is -2.47. The minimum Gasteiger partial charge on any atom is -0.310 e. The maximum absolute atomic E-state index is 2.91. The SMILES string of the molecule is CC1(C)CCC(c2cc3c4c(c2)c2cc(C5CCC(C)(C)CC5)cc5c2n4-c2c(ccc4c2B3c2c3c(cc6c(-c7ccc(C(C)(C)C)cc7)c(-c7ccc(C(C)(C)C)cc7)n-4c26)C(C)(C)CCC3(C)C)C52c3ccccc3-c3ccccc32)CC1. The van der Waals surface area contributed by atoms with Crippen LogP contribution < -0.4 is 16.4 Å². The van der Waals surface area contributed by atoms with Crippen molar-refractivity contribution < 1.29 is 0 Å². The first-order valence-corrected chi connectivity index (χ1v) is 33.4. The van der Waals surface area contributed by atoms with Gasteiger partial charge in [0.25, 0.3) is 6.71 Å². The van der Waals surface area contributed by atoms with E-state index in [9.17, 15) is 0 Å². The van der Waals surface area contributed by atoms with E-state index in [1.165, 1.54) is 173 Å². The summed E-state index contributed by atoms with van der Waals surface area (Å²) in [6.45, 7) is 34.6. The normalized spacial score (nSPS) is 19.9. The molecule has 0 unspecified atom stereocenters. The van der Waals surface area contributed by atoms with Crippen molar-refractivity contribution in [2.45, 2.75) is 200 Å². The molecule has 0 N–H and O–H groups in total. The van der Waals surface area contributed by atoms with E-state index < -0.39 is 5.41 Å². The molecule has 2 fully saturated rings. The van der Waals surface area contributed by atoms with Gasteiger partial charge in [-0.3, -0.25) is 0 Å². The fourth-order valence-corrected chi connectivity index (χ4v) is 19.0. The van der Waals surface area contributed by atoms with Crippen LogP contribution in [-0.4, -0.2) is 15.8 Å². The van der Waals surface area contributed by atoms with E-state index in [1.54, 1.807) is 27.7 Å². The first-order chi connectivity index (χ1) is 40.9. The predicted octanol–water partition coefficient (Wildman–Crippen LogP) is 20.2. The fourth-order valence-electron chi connectivity index (χ4n) is 19.0. The molecule has 17 rings (SSSR count). The molecule has 0 radical (unpaired) electrons. The summed E-state index contributed by atoms with van der Waals surface area (Å²) >= 11 is 0. The monoisotopic (exact) mass is 1120 g/mol. The molecule has 3 heteroatoms. The molecule has 2 aromatic heterocycles. The summed E-state index contributed by atoms with van der Waals surface area (Å²) in [5, 5.41) is 4.36. The molecular formula is C83H87BN2. The minimum absolute atomic E-state index is 0.00467. The van der Waals surface area contributed by atoms with Crippen molar-refractivity contribution >= 4 is 55.8 Å². The van der Waals surface area contributed by atoms with Gasteiger partial charge in [0.05, 0.1) is 16.6 Å².